The zero-order valence-corrected chi connectivity index (χ0v) is 13.9. The van der Waals surface area contributed by atoms with Crippen LogP contribution < -0.4 is 15.5 Å². The van der Waals surface area contributed by atoms with Gasteiger partial charge < -0.3 is 15.5 Å². The van der Waals surface area contributed by atoms with Crippen LogP contribution in [0.1, 0.15) is 12.5 Å². The Morgan fingerprint density at radius 1 is 1.24 bits per heavy atom. The standard InChI is InChI=1S/C18H20N4O3/c1-13(21-11-10-14-4-2-3-5-17(14)21)12-19-18(23)20-15-6-8-16(9-7-15)22(24)25/h2-9,13H,10-12H2,1H3,(H2,19,20,23). The van der Waals surface area contributed by atoms with E-state index in [0.29, 0.717) is 12.2 Å². The molecule has 2 amide bonds. The van der Waals surface area contributed by atoms with Crippen molar-refractivity contribution in [2.45, 2.75) is 19.4 Å². The normalized spacial score (nSPS) is 13.9. The fourth-order valence-electron chi connectivity index (χ4n) is 3.01. The highest BCUT2D eigenvalue weighted by atomic mass is 16.6. The number of amides is 2. The van der Waals surface area contributed by atoms with Gasteiger partial charge in [-0.2, -0.15) is 0 Å². The summed E-state index contributed by atoms with van der Waals surface area (Å²) in [6.07, 6.45) is 1.02. The largest absolute Gasteiger partial charge is 0.366 e. The van der Waals surface area contributed by atoms with Gasteiger partial charge >= 0.3 is 6.03 Å². The van der Waals surface area contributed by atoms with Gasteiger partial charge in [-0.3, -0.25) is 10.1 Å². The fraction of sp³-hybridized carbons (Fsp3) is 0.278. The Morgan fingerprint density at radius 3 is 2.68 bits per heavy atom. The van der Waals surface area contributed by atoms with Crippen molar-refractivity contribution in [2.24, 2.45) is 0 Å². The van der Waals surface area contributed by atoms with Gasteiger partial charge in [-0.25, -0.2) is 4.79 Å². The average molecular weight is 340 g/mol. The van der Waals surface area contributed by atoms with Gasteiger partial charge in [0.15, 0.2) is 0 Å². The summed E-state index contributed by atoms with van der Waals surface area (Å²) in [5, 5.41) is 16.2. The maximum absolute atomic E-state index is 12.0. The summed E-state index contributed by atoms with van der Waals surface area (Å²) >= 11 is 0. The third-order valence-corrected chi connectivity index (χ3v) is 4.35. The smallest absolute Gasteiger partial charge is 0.319 e. The number of nitro groups is 1. The molecule has 130 valence electrons. The molecule has 1 aliphatic heterocycles. The zero-order valence-electron chi connectivity index (χ0n) is 13.9. The van der Waals surface area contributed by atoms with Crippen LogP contribution in [-0.2, 0) is 6.42 Å². The molecule has 2 N–H and O–H groups in total. The van der Waals surface area contributed by atoms with Crippen molar-refractivity contribution in [3.8, 4) is 0 Å². The second-order valence-corrected chi connectivity index (χ2v) is 6.06. The van der Waals surface area contributed by atoms with E-state index in [1.807, 2.05) is 12.1 Å². The molecular weight excluding hydrogens is 320 g/mol. The maximum atomic E-state index is 12.0. The number of benzene rings is 2. The lowest BCUT2D eigenvalue weighted by Crippen LogP contribution is -2.42. The van der Waals surface area contributed by atoms with E-state index in [1.54, 1.807) is 0 Å². The van der Waals surface area contributed by atoms with E-state index < -0.39 is 4.92 Å². The highest BCUT2D eigenvalue weighted by Gasteiger charge is 2.23. The number of rotatable bonds is 5. The van der Waals surface area contributed by atoms with Gasteiger partial charge in [-0.05, 0) is 37.1 Å². The Morgan fingerprint density at radius 2 is 1.96 bits per heavy atom. The van der Waals surface area contributed by atoms with Crippen molar-refractivity contribution in [3.63, 3.8) is 0 Å². The van der Waals surface area contributed by atoms with E-state index >= 15 is 0 Å². The number of hydrogen-bond donors (Lipinski definition) is 2. The molecule has 0 saturated carbocycles. The van der Waals surface area contributed by atoms with Crippen LogP contribution in [0, 0.1) is 10.1 Å². The predicted molar refractivity (Wildman–Crippen MR) is 97.1 cm³/mol. The summed E-state index contributed by atoms with van der Waals surface area (Å²) in [5.41, 5.74) is 3.08. The summed E-state index contributed by atoms with van der Waals surface area (Å²) in [5.74, 6) is 0. The SMILES string of the molecule is CC(CNC(=O)Nc1ccc([N+](=O)[O-])cc1)N1CCc2ccccc21. The van der Waals surface area contributed by atoms with Crippen LogP contribution in [-0.4, -0.2) is 30.1 Å². The van der Waals surface area contributed by atoms with Crippen LogP contribution in [0.15, 0.2) is 48.5 Å². The molecule has 1 atom stereocenters. The van der Waals surface area contributed by atoms with Gasteiger partial charge in [0.1, 0.15) is 0 Å². The highest BCUT2D eigenvalue weighted by Crippen LogP contribution is 2.28. The molecule has 0 aromatic heterocycles. The van der Waals surface area contributed by atoms with E-state index in [0.717, 1.165) is 13.0 Å². The molecule has 1 unspecified atom stereocenters. The molecule has 1 heterocycles. The predicted octanol–water partition coefficient (Wildman–Crippen LogP) is 3.17. The van der Waals surface area contributed by atoms with Crippen molar-refractivity contribution in [3.05, 3.63) is 64.2 Å². The van der Waals surface area contributed by atoms with Crippen LogP contribution in [0.25, 0.3) is 0 Å². The number of urea groups is 1. The monoisotopic (exact) mass is 340 g/mol. The maximum Gasteiger partial charge on any atom is 0.319 e. The summed E-state index contributed by atoms with van der Waals surface area (Å²) < 4.78 is 0. The Bertz CT molecular complexity index is 776. The lowest BCUT2D eigenvalue weighted by atomic mass is 10.2. The molecule has 0 spiro atoms. The molecule has 25 heavy (non-hydrogen) atoms. The first-order valence-electron chi connectivity index (χ1n) is 8.18. The number of hydrogen-bond acceptors (Lipinski definition) is 4. The van der Waals surface area contributed by atoms with Crippen LogP contribution in [0.2, 0.25) is 0 Å². The molecule has 0 bridgehead atoms. The molecule has 0 radical (unpaired) electrons. The third kappa shape index (κ3) is 3.88. The van der Waals surface area contributed by atoms with Crippen LogP contribution in [0.5, 0.6) is 0 Å². The van der Waals surface area contributed by atoms with Gasteiger partial charge in [-0.15, -0.1) is 0 Å². The van der Waals surface area contributed by atoms with Gasteiger partial charge in [-0.1, -0.05) is 18.2 Å². The number of carbonyl (C=O) groups excluding carboxylic acids is 1. The van der Waals surface area contributed by atoms with E-state index in [2.05, 4.69) is 34.6 Å². The molecule has 7 heteroatoms. The first-order chi connectivity index (χ1) is 12.0. The number of nitro benzene ring substituents is 1. The second kappa shape index (κ2) is 7.21. The second-order valence-electron chi connectivity index (χ2n) is 6.06. The van der Waals surface area contributed by atoms with Gasteiger partial charge in [0.2, 0.25) is 0 Å². The van der Waals surface area contributed by atoms with Gasteiger partial charge in [0.05, 0.1) is 4.92 Å². The Labute approximate surface area is 145 Å². The number of carbonyl (C=O) groups is 1. The molecule has 3 rings (SSSR count). The lowest BCUT2D eigenvalue weighted by Gasteiger charge is -2.27. The molecule has 7 nitrogen and oxygen atoms in total. The molecule has 2 aromatic carbocycles. The zero-order chi connectivity index (χ0) is 17.8. The van der Waals surface area contributed by atoms with Gasteiger partial charge in [0.25, 0.3) is 5.69 Å². The van der Waals surface area contributed by atoms with E-state index in [9.17, 15) is 14.9 Å². The Kier molecular flexibility index (Phi) is 4.83. The Balaban J connectivity index is 1.51. The van der Waals surface area contributed by atoms with E-state index in [1.165, 1.54) is 35.5 Å². The van der Waals surface area contributed by atoms with Crippen LogP contribution >= 0.6 is 0 Å². The summed E-state index contributed by atoms with van der Waals surface area (Å²) in [6, 6.07) is 13.9. The Hall–Kier alpha value is -3.09. The summed E-state index contributed by atoms with van der Waals surface area (Å²) in [7, 11) is 0. The first kappa shape index (κ1) is 16.8. The minimum absolute atomic E-state index is 0.00715. The lowest BCUT2D eigenvalue weighted by molar-refractivity contribution is -0.384. The molecule has 2 aromatic rings. The summed E-state index contributed by atoms with van der Waals surface area (Å²) in [6.45, 7) is 3.54. The molecule has 1 aliphatic rings. The quantitative estimate of drug-likeness (QED) is 0.646. The number of nitrogens with zero attached hydrogens (tertiary/aromatic N) is 2. The van der Waals surface area contributed by atoms with Crippen molar-refractivity contribution >= 4 is 23.1 Å². The van der Waals surface area contributed by atoms with E-state index in [-0.39, 0.29) is 17.8 Å². The van der Waals surface area contributed by atoms with E-state index in [4.69, 9.17) is 0 Å². The van der Waals surface area contributed by atoms with Crippen molar-refractivity contribution in [2.75, 3.05) is 23.3 Å². The number of nitrogens with one attached hydrogen (secondary N) is 2. The van der Waals surface area contributed by atoms with Gasteiger partial charge in [0, 0.05) is 42.6 Å². The topological polar surface area (TPSA) is 87.5 Å². The number of para-hydroxylation sites is 1. The molecule has 0 aliphatic carbocycles. The third-order valence-electron chi connectivity index (χ3n) is 4.35. The van der Waals surface area contributed by atoms with Crippen LogP contribution in [0.4, 0.5) is 21.9 Å². The molecule has 0 fully saturated rings. The summed E-state index contributed by atoms with van der Waals surface area (Å²) in [4.78, 5) is 24.5. The fourth-order valence-corrected chi connectivity index (χ4v) is 3.01. The van der Waals surface area contributed by atoms with Crippen molar-refractivity contribution in [1.82, 2.24) is 5.32 Å². The highest BCUT2D eigenvalue weighted by molar-refractivity contribution is 5.89. The number of anilines is 2. The van der Waals surface area contributed by atoms with Crippen LogP contribution in [0.3, 0.4) is 0 Å². The first-order valence-corrected chi connectivity index (χ1v) is 8.18. The number of non-ortho nitro benzene ring substituents is 1. The number of fused-ring (bicyclic) bond motifs is 1. The van der Waals surface area contributed by atoms with Crippen molar-refractivity contribution < 1.29 is 9.72 Å². The minimum atomic E-state index is -0.473. The van der Waals surface area contributed by atoms with Crippen molar-refractivity contribution in [1.29, 1.82) is 0 Å². The molecular formula is C18H20N4O3. The minimum Gasteiger partial charge on any atom is -0.366 e. The molecule has 0 saturated heterocycles. The average Bonchev–Trinajstić information content (AvgIpc) is 3.04.